The van der Waals surface area contributed by atoms with E-state index < -0.39 is 0 Å². The van der Waals surface area contributed by atoms with Gasteiger partial charge in [-0.05, 0) is 49.8 Å². The van der Waals surface area contributed by atoms with Crippen molar-refractivity contribution in [3.8, 4) is 0 Å². The number of nitrogens with one attached hydrogen (secondary N) is 2. The molecule has 20 heavy (non-hydrogen) atoms. The summed E-state index contributed by atoms with van der Waals surface area (Å²) in [5, 5.41) is 6.38. The third-order valence-corrected chi connectivity index (χ3v) is 4.38. The minimum Gasteiger partial charge on any atom is -0.370 e. The molecule has 110 valence electrons. The maximum Gasteiger partial charge on any atom is 0.251 e. The van der Waals surface area contributed by atoms with Crippen LogP contribution in [0.15, 0.2) is 12.1 Å². The highest BCUT2D eigenvalue weighted by atomic mass is 32.2. The molecule has 0 aliphatic carbocycles. The highest BCUT2D eigenvalue weighted by molar-refractivity contribution is 7.99. The number of pyridine rings is 1. The Bertz CT molecular complexity index is 458. The molecule has 2 heterocycles. The molecule has 1 aliphatic rings. The van der Waals surface area contributed by atoms with E-state index in [0.717, 1.165) is 48.8 Å². The lowest BCUT2D eigenvalue weighted by molar-refractivity contribution is 0.0934. The molecule has 1 aromatic heterocycles. The molecule has 0 unspecified atom stereocenters. The van der Waals surface area contributed by atoms with Gasteiger partial charge >= 0.3 is 0 Å². The number of rotatable bonds is 5. The third kappa shape index (κ3) is 4.40. The highest BCUT2D eigenvalue weighted by Crippen LogP contribution is 2.18. The van der Waals surface area contributed by atoms with E-state index in [1.54, 1.807) is 0 Å². The van der Waals surface area contributed by atoms with Crippen LogP contribution in [0.4, 0.5) is 5.82 Å². The smallest absolute Gasteiger partial charge is 0.251 e. The van der Waals surface area contributed by atoms with Crippen LogP contribution in [-0.4, -0.2) is 35.0 Å². The number of amides is 1. The van der Waals surface area contributed by atoms with Crippen LogP contribution in [0.3, 0.4) is 0 Å². The van der Waals surface area contributed by atoms with Crippen molar-refractivity contribution >= 4 is 23.5 Å². The Balaban J connectivity index is 2.02. The van der Waals surface area contributed by atoms with Crippen LogP contribution in [-0.2, 0) is 0 Å². The molecule has 0 aromatic carbocycles. The van der Waals surface area contributed by atoms with E-state index in [1.807, 2.05) is 30.8 Å². The van der Waals surface area contributed by atoms with Gasteiger partial charge < -0.3 is 10.6 Å². The van der Waals surface area contributed by atoms with E-state index >= 15 is 0 Å². The number of aryl methyl sites for hydroxylation is 1. The van der Waals surface area contributed by atoms with Gasteiger partial charge in [0.05, 0.1) is 0 Å². The number of carbonyl (C=O) groups is 1. The molecule has 2 N–H and O–H groups in total. The van der Waals surface area contributed by atoms with Crippen LogP contribution < -0.4 is 10.6 Å². The second-order valence-corrected chi connectivity index (χ2v) is 6.39. The van der Waals surface area contributed by atoms with E-state index in [9.17, 15) is 4.79 Å². The fourth-order valence-corrected chi connectivity index (χ4v) is 3.36. The van der Waals surface area contributed by atoms with Crippen LogP contribution >= 0.6 is 11.8 Å². The number of hydrogen-bond donors (Lipinski definition) is 2. The summed E-state index contributed by atoms with van der Waals surface area (Å²) in [5.41, 5.74) is 1.57. The van der Waals surface area contributed by atoms with Crippen molar-refractivity contribution in [2.24, 2.45) is 0 Å². The van der Waals surface area contributed by atoms with Gasteiger partial charge in [0.1, 0.15) is 5.82 Å². The first-order chi connectivity index (χ1) is 9.69. The van der Waals surface area contributed by atoms with Gasteiger partial charge in [0.2, 0.25) is 0 Å². The number of nitrogens with zero attached hydrogens (tertiary/aromatic N) is 1. The van der Waals surface area contributed by atoms with Crippen molar-refractivity contribution in [2.45, 2.75) is 39.2 Å². The first-order valence-corrected chi connectivity index (χ1v) is 8.45. The molecular formula is C15H23N3OS. The Morgan fingerprint density at radius 1 is 1.40 bits per heavy atom. The average molecular weight is 293 g/mol. The fraction of sp³-hybridized carbons (Fsp3) is 0.600. The molecule has 0 spiro atoms. The van der Waals surface area contributed by atoms with Crippen LogP contribution in [0, 0.1) is 6.92 Å². The summed E-state index contributed by atoms with van der Waals surface area (Å²) in [4.78, 5) is 16.7. The largest absolute Gasteiger partial charge is 0.370 e. The van der Waals surface area contributed by atoms with Crippen molar-refractivity contribution in [1.82, 2.24) is 10.3 Å². The van der Waals surface area contributed by atoms with Gasteiger partial charge in [0.25, 0.3) is 5.91 Å². The number of carbonyl (C=O) groups excluding carboxylic acids is 1. The van der Waals surface area contributed by atoms with E-state index in [2.05, 4.69) is 22.5 Å². The van der Waals surface area contributed by atoms with Crippen molar-refractivity contribution in [2.75, 3.05) is 23.4 Å². The van der Waals surface area contributed by atoms with Crippen LogP contribution in [0.25, 0.3) is 0 Å². The van der Waals surface area contributed by atoms with E-state index in [0.29, 0.717) is 11.6 Å². The molecule has 0 radical (unpaired) electrons. The summed E-state index contributed by atoms with van der Waals surface area (Å²) in [7, 11) is 0. The first kappa shape index (κ1) is 15.2. The van der Waals surface area contributed by atoms with Gasteiger partial charge in [-0.3, -0.25) is 4.79 Å². The fourth-order valence-electron chi connectivity index (χ4n) is 2.25. The van der Waals surface area contributed by atoms with Crippen molar-refractivity contribution in [3.05, 3.63) is 23.4 Å². The topological polar surface area (TPSA) is 54.0 Å². The lowest BCUT2D eigenvalue weighted by Crippen LogP contribution is -2.37. The second-order valence-electron chi connectivity index (χ2n) is 5.17. The van der Waals surface area contributed by atoms with Gasteiger partial charge in [0.15, 0.2) is 0 Å². The number of anilines is 1. The molecule has 1 saturated heterocycles. The molecule has 5 heteroatoms. The predicted molar refractivity (Wildman–Crippen MR) is 85.6 cm³/mol. The summed E-state index contributed by atoms with van der Waals surface area (Å²) in [5.74, 6) is 3.09. The molecule has 0 atom stereocenters. The summed E-state index contributed by atoms with van der Waals surface area (Å²) >= 11 is 1.96. The zero-order chi connectivity index (χ0) is 14.4. The maximum absolute atomic E-state index is 12.3. The van der Waals surface area contributed by atoms with Crippen LogP contribution in [0.2, 0.25) is 0 Å². The Hall–Kier alpha value is -1.23. The Morgan fingerprint density at radius 2 is 2.15 bits per heavy atom. The molecule has 2 rings (SSSR count). The molecule has 0 bridgehead atoms. The Kier molecular flexibility index (Phi) is 5.71. The lowest BCUT2D eigenvalue weighted by atomic mass is 10.1. The summed E-state index contributed by atoms with van der Waals surface area (Å²) in [6.07, 6.45) is 3.18. The molecule has 4 nitrogen and oxygen atoms in total. The molecule has 0 saturated carbocycles. The monoisotopic (exact) mass is 293 g/mol. The van der Waals surface area contributed by atoms with Crippen molar-refractivity contribution in [1.29, 1.82) is 0 Å². The number of aromatic nitrogens is 1. The Morgan fingerprint density at radius 3 is 2.85 bits per heavy atom. The minimum absolute atomic E-state index is 0.0203. The molecule has 1 aromatic rings. The maximum atomic E-state index is 12.3. The van der Waals surface area contributed by atoms with Crippen LogP contribution in [0.5, 0.6) is 0 Å². The molecule has 1 amide bonds. The average Bonchev–Trinajstić information content (AvgIpc) is 2.45. The lowest BCUT2D eigenvalue weighted by Gasteiger charge is -2.22. The SMILES string of the molecule is CCCNc1cc(C(=O)NC2CCSCC2)cc(C)n1. The van der Waals surface area contributed by atoms with E-state index in [4.69, 9.17) is 0 Å². The molecule has 1 fully saturated rings. The Labute approximate surface area is 125 Å². The molecular weight excluding hydrogens is 270 g/mol. The molecule has 1 aliphatic heterocycles. The normalized spacial score (nSPS) is 15.9. The van der Waals surface area contributed by atoms with Gasteiger partial charge in [0, 0.05) is 23.8 Å². The number of hydrogen-bond acceptors (Lipinski definition) is 4. The van der Waals surface area contributed by atoms with E-state index in [-0.39, 0.29) is 5.91 Å². The predicted octanol–water partition coefficient (Wildman–Crippen LogP) is 2.84. The van der Waals surface area contributed by atoms with E-state index in [1.165, 1.54) is 0 Å². The van der Waals surface area contributed by atoms with Crippen molar-refractivity contribution < 1.29 is 4.79 Å². The number of thioether (sulfide) groups is 1. The quantitative estimate of drug-likeness (QED) is 0.876. The summed E-state index contributed by atoms with van der Waals surface area (Å²) in [6, 6.07) is 4.02. The second kappa shape index (κ2) is 7.53. The summed E-state index contributed by atoms with van der Waals surface area (Å²) in [6.45, 7) is 4.90. The van der Waals surface area contributed by atoms with Gasteiger partial charge in [-0.1, -0.05) is 6.92 Å². The minimum atomic E-state index is 0.0203. The van der Waals surface area contributed by atoms with Crippen LogP contribution in [0.1, 0.15) is 42.2 Å². The van der Waals surface area contributed by atoms with Crippen molar-refractivity contribution in [3.63, 3.8) is 0 Å². The van der Waals surface area contributed by atoms with Gasteiger partial charge in [-0.25, -0.2) is 4.98 Å². The van der Waals surface area contributed by atoms with Gasteiger partial charge in [-0.15, -0.1) is 0 Å². The zero-order valence-corrected chi connectivity index (χ0v) is 13.1. The highest BCUT2D eigenvalue weighted by Gasteiger charge is 2.17. The zero-order valence-electron chi connectivity index (χ0n) is 12.2. The van der Waals surface area contributed by atoms with Gasteiger partial charge in [-0.2, -0.15) is 11.8 Å². The first-order valence-electron chi connectivity index (χ1n) is 7.30. The standard InChI is InChI=1S/C15H23N3OS/c1-3-6-16-14-10-12(9-11(2)17-14)15(19)18-13-4-7-20-8-5-13/h9-10,13H,3-8H2,1-2H3,(H,16,17)(H,18,19). The summed E-state index contributed by atoms with van der Waals surface area (Å²) < 4.78 is 0. The third-order valence-electron chi connectivity index (χ3n) is 3.33.